The fraction of sp³-hybridized carbons (Fsp3) is 0.235. The van der Waals surface area contributed by atoms with Gasteiger partial charge in [0.1, 0.15) is 5.82 Å². The molecule has 0 bridgehead atoms. The molecule has 0 spiro atoms. The van der Waals surface area contributed by atoms with Crippen LogP contribution in [0.2, 0.25) is 0 Å². The molecule has 0 aliphatic carbocycles. The van der Waals surface area contributed by atoms with Crippen LogP contribution >= 0.6 is 11.6 Å². The molecule has 102 valence electrons. The second-order valence-corrected chi connectivity index (χ2v) is 5.44. The zero-order chi connectivity index (χ0) is 14.1. The zero-order valence-electron chi connectivity index (χ0n) is 11.7. The van der Waals surface area contributed by atoms with Crippen molar-refractivity contribution in [3.05, 3.63) is 65.0 Å². The molecule has 3 rings (SSSR count). The molecule has 0 N–H and O–H groups in total. The third-order valence-corrected chi connectivity index (χ3v) is 3.87. The first kappa shape index (κ1) is 13.2. The minimum absolute atomic E-state index is 0.431. The van der Waals surface area contributed by atoms with Gasteiger partial charge in [-0.15, -0.1) is 11.6 Å². The van der Waals surface area contributed by atoms with E-state index in [4.69, 9.17) is 11.6 Å². The summed E-state index contributed by atoms with van der Waals surface area (Å²) in [7, 11) is 0. The Kier molecular flexibility index (Phi) is 3.49. The molecule has 0 atom stereocenters. The molecule has 0 aliphatic rings. The van der Waals surface area contributed by atoms with Crippen LogP contribution in [-0.4, -0.2) is 9.55 Å². The van der Waals surface area contributed by atoms with E-state index < -0.39 is 0 Å². The average Bonchev–Trinajstić information content (AvgIpc) is 2.81. The molecule has 0 unspecified atom stereocenters. The summed E-state index contributed by atoms with van der Waals surface area (Å²) >= 11 is 6.06. The van der Waals surface area contributed by atoms with E-state index in [1.807, 2.05) is 12.1 Å². The molecule has 20 heavy (non-hydrogen) atoms. The predicted octanol–water partition coefficient (Wildman–Crippen LogP) is 4.44. The van der Waals surface area contributed by atoms with Crippen molar-refractivity contribution in [2.75, 3.05) is 0 Å². The average molecular weight is 285 g/mol. The maximum atomic E-state index is 6.06. The number of aromatic nitrogens is 2. The number of aryl methyl sites for hydroxylation is 2. The molecule has 0 saturated carbocycles. The molecule has 1 heterocycles. The second kappa shape index (κ2) is 5.29. The smallest absolute Gasteiger partial charge is 0.125 e. The van der Waals surface area contributed by atoms with Crippen LogP contribution in [0.25, 0.3) is 11.0 Å². The molecule has 2 aromatic carbocycles. The van der Waals surface area contributed by atoms with Gasteiger partial charge in [-0.1, -0.05) is 42.0 Å². The standard InChI is InChI=1S/C17H17ClN2/c1-12-6-8-14(9-7-12)11-20-16(10-18)19-15-5-3-4-13(2)17(15)20/h3-9H,10-11H2,1-2H3. The van der Waals surface area contributed by atoms with Crippen LogP contribution in [0.4, 0.5) is 0 Å². The highest BCUT2D eigenvalue weighted by Crippen LogP contribution is 2.22. The van der Waals surface area contributed by atoms with Gasteiger partial charge < -0.3 is 4.57 Å². The molecule has 0 radical (unpaired) electrons. The third-order valence-electron chi connectivity index (χ3n) is 3.63. The van der Waals surface area contributed by atoms with Crippen molar-refractivity contribution in [3.63, 3.8) is 0 Å². The Bertz CT molecular complexity index is 742. The second-order valence-electron chi connectivity index (χ2n) is 5.18. The fourth-order valence-electron chi connectivity index (χ4n) is 2.56. The van der Waals surface area contributed by atoms with Gasteiger partial charge in [-0.05, 0) is 31.0 Å². The highest BCUT2D eigenvalue weighted by molar-refractivity contribution is 6.16. The van der Waals surface area contributed by atoms with Crippen LogP contribution in [0.3, 0.4) is 0 Å². The van der Waals surface area contributed by atoms with E-state index in [9.17, 15) is 0 Å². The van der Waals surface area contributed by atoms with Crippen LogP contribution < -0.4 is 0 Å². The van der Waals surface area contributed by atoms with Crippen LogP contribution in [0, 0.1) is 13.8 Å². The maximum absolute atomic E-state index is 6.06. The number of rotatable bonds is 3. The predicted molar refractivity (Wildman–Crippen MR) is 84.3 cm³/mol. The van der Waals surface area contributed by atoms with Gasteiger partial charge in [-0.2, -0.15) is 0 Å². The lowest BCUT2D eigenvalue weighted by Crippen LogP contribution is -2.04. The van der Waals surface area contributed by atoms with E-state index >= 15 is 0 Å². The molecule has 0 saturated heterocycles. The lowest BCUT2D eigenvalue weighted by molar-refractivity contribution is 0.776. The highest BCUT2D eigenvalue weighted by Gasteiger charge is 2.11. The number of hydrogen-bond donors (Lipinski definition) is 0. The van der Waals surface area contributed by atoms with Crippen LogP contribution in [0.1, 0.15) is 22.5 Å². The Balaban J connectivity index is 2.11. The van der Waals surface area contributed by atoms with Gasteiger partial charge in [0.05, 0.1) is 16.9 Å². The van der Waals surface area contributed by atoms with E-state index in [-0.39, 0.29) is 0 Å². The zero-order valence-corrected chi connectivity index (χ0v) is 12.5. The molecule has 3 heteroatoms. The molecule has 0 fully saturated rings. The lowest BCUT2D eigenvalue weighted by atomic mass is 10.1. The number of hydrogen-bond acceptors (Lipinski definition) is 1. The number of alkyl halides is 1. The molecule has 0 amide bonds. The summed E-state index contributed by atoms with van der Waals surface area (Å²) in [5.74, 6) is 1.36. The Hall–Kier alpha value is -1.80. The minimum atomic E-state index is 0.431. The van der Waals surface area contributed by atoms with E-state index in [2.05, 4.69) is 53.7 Å². The quantitative estimate of drug-likeness (QED) is 0.650. The summed E-state index contributed by atoms with van der Waals surface area (Å²) in [6.45, 7) is 5.03. The molecular formula is C17H17ClN2. The van der Waals surface area contributed by atoms with Gasteiger partial charge >= 0.3 is 0 Å². The first-order valence-corrected chi connectivity index (χ1v) is 7.28. The van der Waals surface area contributed by atoms with Gasteiger partial charge in [0.15, 0.2) is 0 Å². The summed E-state index contributed by atoms with van der Waals surface area (Å²) in [5, 5.41) is 0. The molecular weight excluding hydrogens is 268 g/mol. The summed E-state index contributed by atoms with van der Waals surface area (Å²) in [5.41, 5.74) is 5.98. The van der Waals surface area contributed by atoms with E-state index in [0.717, 1.165) is 17.9 Å². The van der Waals surface area contributed by atoms with Crippen LogP contribution in [0.15, 0.2) is 42.5 Å². The third kappa shape index (κ3) is 2.32. The Morgan fingerprint density at radius 3 is 2.50 bits per heavy atom. The Morgan fingerprint density at radius 1 is 1.05 bits per heavy atom. The van der Waals surface area contributed by atoms with Crippen molar-refractivity contribution >= 4 is 22.6 Å². The van der Waals surface area contributed by atoms with Crippen molar-refractivity contribution in [2.24, 2.45) is 0 Å². The van der Waals surface area contributed by atoms with E-state index in [1.165, 1.54) is 22.2 Å². The fourth-order valence-corrected chi connectivity index (χ4v) is 2.77. The number of fused-ring (bicyclic) bond motifs is 1. The van der Waals surface area contributed by atoms with Gasteiger partial charge in [0.2, 0.25) is 0 Å². The largest absolute Gasteiger partial charge is 0.322 e. The number of benzene rings is 2. The summed E-state index contributed by atoms with van der Waals surface area (Å²) in [6.07, 6.45) is 0. The first-order valence-electron chi connectivity index (χ1n) is 6.75. The van der Waals surface area contributed by atoms with Crippen LogP contribution in [0.5, 0.6) is 0 Å². The van der Waals surface area contributed by atoms with Crippen molar-refractivity contribution < 1.29 is 0 Å². The van der Waals surface area contributed by atoms with Crippen molar-refractivity contribution in [2.45, 2.75) is 26.3 Å². The molecule has 3 aromatic rings. The molecule has 1 aromatic heterocycles. The SMILES string of the molecule is Cc1ccc(Cn2c(CCl)nc3cccc(C)c32)cc1. The number of para-hydroxylation sites is 1. The van der Waals surface area contributed by atoms with Crippen LogP contribution in [-0.2, 0) is 12.4 Å². The Morgan fingerprint density at radius 2 is 1.80 bits per heavy atom. The summed E-state index contributed by atoms with van der Waals surface area (Å²) in [4.78, 5) is 4.64. The molecule has 0 aliphatic heterocycles. The first-order chi connectivity index (χ1) is 9.69. The van der Waals surface area contributed by atoms with Gasteiger partial charge in [-0.25, -0.2) is 4.98 Å². The number of imidazole rings is 1. The van der Waals surface area contributed by atoms with Crippen molar-refractivity contribution in [3.8, 4) is 0 Å². The van der Waals surface area contributed by atoms with Crippen molar-refractivity contribution in [1.29, 1.82) is 0 Å². The number of nitrogens with zero attached hydrogens (tertiary/aromatic N) is 2. The normalized spacial score (nSPS) is 11.2. The summed E-state index contributed by atoms with van der Waals surface area (Å²) < 4.78 is 2.22. The number of halogens is 1. The maximum Gasteiger partial charge on any atom is 0.125 e. The summed E-state index contributed by atoms with van der Waals surface area (Å²) in [6, 6.07) is 14.8. The van der Waals surface area contributed by atoms with E-state index in [1.54, 1.807) is 0 Å². The topological polar surface area (TPSA) is 17.8 Å². The monoisotopic (exact) mass is 284 g/mol. The molecule has 2 nitrogen and oxygen atoms in total. The van der Waals surface area contributed by atoms with E-state index in [0.29, 0.717) is 5.88 Å². The van der Waals surface area contributed by atoms with Gasteiger partial charge in [0.25, 0.3) is 0 Å². The highest BCUT2D eigenvalue weighted by atomic mass is 35.5. The Labute approximate surface area is 124 Å². The van der Waals surface area contributed by atoms with Gasteiger partial charge in [-0.3, -0.25) is 0 Å². The lowest BCUT2D eigenvalue weighted by Gasteiger charge is -2.09. The minimum Gasteiger partial charge on any atom is -0.322 e. The van der Waals surface area contributed by atoms with Crippen molar-refractivity contribution in [1.82, 2.24) is 9.55 Å². The van der Waals surface area contributed by atoms with Gasteiger partial charge in [0, 0.05) is 6.54 Å².